The second-order valence-electron chi connectivity index (χ2n) is 5.58. The van der Waals surface area contributed by atoms with Crippen LogP contribution in [0.1, 0.15) is 18.9 Å². The molecule has 0 aliphatic carbocycles. The highest BCUT2D eigenvalue weighted by Gasteiger charge is 2.35. The monoisotopic (exact) mass is 330 g/mol. The molecule has 2 heterocycles. The van der Waals surface area contributed by atoms with Gasteiger partial charge in [-0.15, -0.1) is 0 Å². The first-order chi connectivity index (χ1) is 11.0. The van der Waals surface area contributed by atoms with Crippen molar-refractivity contribution in [3.05, 3.63) is 54.2 Å². The van der Waals surface area contributed by atoms with Gasteiger partial charge in [0.15, 0.2) is 5.03 Å². The molecule has 0 unspecified atom stereocenters. The third kappa shape index (κ3) is 2.86. The van der Waals surface area contributed by atoms with Gasteiger partial charge in [-0.25, -0.2) is 13.4 Å². The van der Waals surface area contributed by atoms with Crippen molar-refractivity contribution >= 4 is 21.4 Å². The molecule has 0 N–H and O–H groups in total. The van der Waals surface area contributed by atoms with E-state index >= 15 is 0 Å². The number of benzene rings is 1. The Hall–Kier alpha value is -2.21. The lowest BCUT2D eigenvalue weighted by molar-refractivity contribution is -0.118. The zero-order valence-electron chi connectivity index (χ0n) is 12.8. The maximum Gasteiger partial charge on any atom is 0.245 e. The number of aryl methyl sites for hydroxylation is 1. The Balaban J connectivity index is 1.92. The number of nitrogens with zero attached hydrogens (tertiary/aromatic N) is 2. The average Bonchev–Trinajstić information content (AvgIpc) is 2.60. The highest BCUT2D eigenvalue weighted by molar-refractivity contribution is 7.92. The summed E-state index contributed by atoms with van der Waals surface area (Å²) in [5.74, 6) is -0.400. The third-order valence-electron chi connectivity index (χ3n) is 4.12. The molecule has 0 saturated carbocycles. The van der Waals surface area contributed by atoms with E-state index in [0.717, 1.165) is 24.1 Å². The largest absolute Gasteiger partial charge is 0.311 e. The lowest BCUT2D eigenvalue weighted by Gasteiger charge is -2.31. The fraction of sp³-hybridized carbons (Fsp3) is 0.294. The van der Waals surface area contributed by atoms with E-state index in [1.54, 1.807) is 17.0 Å². The molecule has 1 aromatic carbocycles. The molecule has 0 fully saturated rings. The zero-order valence-corrected chi connectivity index (χ0v) is 13.7. The van der Waals surface area contributed by atoms with Crippen molar-refractivity contribution in [3.8, 4) is 0 Å². The molecule has 0 saturated heterocycles. The number of para-hydroxylation sites is 1. The minimum absolute atomic E-state index is 0.0638. The molecule has 3 rings (SSSR count). The van der Waals surface area contributed by atoms with Gasteiger partial charge >= 0.3 is 0 Å². The Labute approximate surface area is 135 Å². The van der Waals surface area contributed by atoms with Crippen molar-refractivity contribution in [2.45, 2.75) is 30.0 Å². The predicted octanol–water partition coefficient (Wildman–Crippen LogP) is 2.22. The first-order valence-corrected chi connectivity index (χ1v) is 9.10. The van der Waals surface area contributed by atoms with Gasteiger partial charge in [0.1, 0.15) is 5.25 Å². The van der Waals surface area contributed by atoms with Crippen molar-refractivity contribution in [2.75, 3.05) is 11.4 Å². The second kappa shape index (κ2) is 6.12. The quantitative estimate of drug-likeness (QED) is 0.865. The second-order valence-corrected chi connectivity index (χ2v) is 7.79. The zero-order chi connectivity index (χ0) is 16.4. The number of sulfone groups is 1. The van der Waals surface area contributed by atoms with Crippen LogP contribution in [0.5, 0.6) is 0 Å². The van der Waals surface area contributed by atoms with Gasteiger partial charge in [-0.1, -0.05) is 24.3 Å². The number of carbonyl (C=O) groups is 1. The van der Waals surface area contributed by atoms with Crippen molar-refractivity contribution in [1.29, 1.82) is 0 Å². The van der Waals surface area contributed by atoms with E-state index in [2.05, 4.69) is 4.98 Å². The normalized spacial score (nSPS) is 15.8. The summed E-state index contributed by atoms with van der Waals surface area (Å²) in [6.07, 6.45) is 3.15. The summed E-state index contributed by atoms with van der Waals surface area (Å²) in [5.41, 5.74) is 1.89. The highest BCUT2D eigenvalue weighted by Crippen LogP contribution is 2.28. The Morgan fingerprint density at radius 3 is 2.65 bits per heavy atom. The van der Waals surface area contributed by atoms with Crippen molar-refractivity contribution in [1.82, 2.24) is 4.98 Å². The van der Waals surface area contributed by atoms with Crippen LogP contribution in [0.15, 0.2) is 53.7 Å². The summed E-state index contributed by atoms with van der Waals surface area (Å²) in [5, 5.41) is -1.23. The van der Waals surface area contributed by atoms with Crippen LogP contribution < -0.4 is 4.90 Å². The number of hydrogen-bond donors (Lipinski definition) is 0. The van der Waals surface area contributed by atoms with Gasteiger partial charge in [-0.05, 0) is 43.5 Å². The fourth-order valence-corrected chi connectivity index (χ4v) is 4.04. The van der Waals surface area contributed by atoms with Crippen LogP contribution in [0.25, 0.3) is 0 Å². The van der Waals surface area contributed by atoms with Crippen molar-refractivity contribution < 1.29 is 13.2 Å². The maximum atomic E-state index is 12.8. The number of rotatable bonds is 3. The Kier molecular flexibility index (Phi) is 4.17. The summed E-state index contributed by atoms with van der Waals surface area (Å²) in [6.45, 7) is 1.97. The Bertz CT molecular complexity index is 819. The van der Waals surface area contributed by atoms with Crippen molar-refractivity contribution in [3.63, 3.8) is 0 Å². The Morgan fingerprint density at radius 1 is 1.17 bits per heavy atom. The number of aromatic nitrogens is 1. The molecule has 120 valence electrons. The van der Waals surface area contributed by atoms with Gasteiger partial charge in [0.05, 0.1) is 0 Å². The summed E-state index contributed by atoms with van der Waals surface area (Å²) in [6, 6.07) is 12.3. The summed E-state index contributed by atoms with van der Waals surface area (Å²) < 4.78 is 25.2. The van der Waals surface area contributed by atoms with E-state index in [1.807, 2.05) is 24.3 Å². The lowest BCUT2D eigenvalue weighted by atomic mass is 10.0. The molecule has 0 radical (unpaired) electrons. The molecule has 6 heteroatoms. The van der Waals surface area contributed by atoms with Crippen LogP contribution >= 0.6 is 0 Å². The smallest absolute Gasteiger partial charge is 0.245 e. The van der Waals surface area contributed by atoms with Gasteiger partial charge in [0.25, 0.3) is 0 Å². The minimum Gasteiger partial charge on any atom is -0.311 e. The van der Waals surface area contributed by atoms with E-state index in [0.29, 0.717) is 6.54 Å². The number of carbonyl (C=O) groups excluding carboxylic acids is 1. The average molecular weight is 330 g/mol. The number of amides is 1. The molecule has 5 nitrogen and oxygen atoms in total. The molecule has 2 aromatic rings. The SMILES string of the molecule is C[C@H](C(=O)N1CCCc2ccccc21)S(=O)(=O)c1ccccn1. The number of pyridine rings is 1. The number of hydrogen-bond acceptors (Lipinski definition) is 4. The summed E-state index contributed by atoms with van der Waals surface area (Å²) >= 11 is 0. The number of fused-ring (bicyclic) bond motifs is 1. The van der Waals surface area contributed by atoms with Crippen LogP contribution in [0, 0.1) is 0 Å². The van der Waals surface area contributed by atoms with Gasteiger partial charge in [0, 0.05) is 18.4 Å². The predicted molar refractivity (Wildman–Crippen MR) is 88.0 cm³/mol. The fourth-order valence-electron chi connectivity index (χ4n) is 2.81. The van der Waals surface area contributed by atoms with Gasteiger partial charge in [0.2, 0.25) is 15.7 Å². The van der Waals surface area contributed by atoms with Gasteiger partial charge in [-0.3, -0.25) is 4.79 Å². The van der Waals surface area contributed by atoms with E-state index in [1.165, 1.54) is 19.2 Å². The number of anilines is 1. The third-order valence-corrected chi connectivity index (χ3v) is 6.08. The summed E-state index contributed by atoms with van der Waals surface area (Å²) in [4.78, 5) is 18.3. The van der Waals surface area contributed by atoms with E-state index in [9.17, 15) is 13.2 Å². The molecular formula is C17H18N2O3S. The van der Waals surface area contributed by atoms with Crippen LogP contribution in [0.4, 0.5) is 5.69 Å². The van der Waals surface area contributed by atoms with Gasteiger partial charge < -0.3 is 4.90 Å². The molecule has 1 aromatic heterocycles. The van der Waals surface area contributed by atoms with Crippen LogP contribution in [-0.2, 0) is 21.1 Å². The molecule has 23 heavy (non-hydrogen) atoms. The van der Waals surface area contributed by atoms with Crippen LogP contribution in [-0.4, -0.2) is 31.1 Å². The van der Waals surface area contributed by atoms with E-state index < -0.39 is 21.0 Å². The van der Waals surface area contributed by atoms with E-state index in [4.69, 9.17) is 0 Å². The van der Waals surface area contributed by atoms with Crippen LogP contribution in [0.2, 0.25) is 0 Å². The standard InChI is InChI=1S/C17H18N2O3S/c1-13(23(21,22)16-10-4-5-11-18-16)17(20)19-12-6-8-14-7-2-3-9-15(14)19/h2-5,7,9-11,13H,6,8,12H2,1H3/t13-/m1/s1. The molecular weight excluding hydrogens is 312 g/mol. The minimum atomic E-state index is -3.79. The highest BCUT2D eigenvalue weighted by atomic mass is 32.2. The molecule has 1 aliphatic rings. The molecule has 1 aliphatic heterocycles. The van der Waals surface area contributed by atoms with Gasteiger partial charge in [-0.2, -0.15) is 0 Å². The maximum absolute atomic E-state index is 12.8. The Morgan fingerprint density at radius 2 is 1.91 bits per heavy atom. The molecule has 1 atom stereocenters. The van der Waals surface area contributed by atoms with E-state index in [-0.39, 0.29) is 5.03 Å². The van der Waals surface area contributed by atoms with Crippen molar-refractivity contribution in [2.24, 2.45) is 0 Å². The molecule has 0 spiro atoms. The molecule has 0 bridgehead atoms. The van der Waals surface area contributed by atoms with Crippen LogP contribution in [0.3, 0.4) is 0 Å². The molecule has 1 amide bonds. The lowest BCUT2D eigenvalue weighted by Crippen LogP contribution is -2.44. The summed E-state index contributed by atoms with van der Waals surface area (Å²) in [7, 11) is -3.79. The first kappa shape index (κ1) is 15.7. The first-order valence-electron chi connectivity index (χ1n) is 7.56. The topological polar surface area (TPSA) is 67.3 Å².